The summed E-state index contributed by atoms with van der Waals surface area (Å²) >= 11 is 0. The molecule has 0 saturated carbocycles. The first-order chi connectivity index (χ1) is 7.86. The standard InChI is InChI=1S/C14H26N2O/c1-5-15-10-14(11-15)6-8-16(9-7-14)12(17)13(2,3)4/h5-11H2,1-4H3. The van der Waals surface area contributed by atoms with Crippen molar-refractivity contribution in [1.82, 2.24) is 9.80 Å². The van der Waals surface area contributed by atoms with E-state index in [0.717, 1.165) is 13.1 Å². The highest BCUT2D eigenvalue weighted by Gasteiger charge is 2.45. The molecule has 17 heavy (non-hydrogen) atoms. The molecule has 2 heterocycles. The number of amides is 1. The molecule has 2 aliphatic rings. The van der Waals surface area contributed by atoms with Gasteiger partial charge in [0, 0.05) is 31.6 Å². The lowest BCUT2D eigenvalue weighted by Gasteiger charge is -2.54. The van der Waals surface area contributed by atoms with Crippen LogP contribution in [0.3, 0.4) is 0 Å². The fourth-order valence-corrected chi connectivity index (χ4v) is 3.10. The molecule has 0 radical (unpaired) electrons. The van der Waals surface area contributed by atoms with E-state index < -0.39 is 0 Å². The number of nitrogens with zero attached hydrogens (tertiary/aromatic N) is 2. The zero-order chi connectivity index (χ0) is 12.7. The predicted molar refractivity (Wildman–Crippen MR) is 69.8 cm³/mol. The Morgan fingerprint density at radius 1 is 1.18 bits per heavy atom. The van der Waals surface area contributed by atoms with Crippen LogP contribution in [0.5, 0.6) is 0 Å². The summed E-state index contributed by atoms with van der Waals surface area (Å²) in [5.74, 6) is 0.319. The maximum Gasteiger partial charge on any atom is 0.227 e. The molecule has 3 heteroatoms. The van der Waals surface area contributed by atoms with Crippen molar-refractivity contribution in [2.45, 2.75) is 40.5 Å². The lowest BCUT2D eigenvalue weighted by Crippen LogP contribution is -2.61. The molecular weight excluding hydrogens is 212 g/mol. The van der Waals surface area contributed by atoms with Gasteiger partial charge in [0.2, 0.25) is 5.91 Å². The summed E-state index contributed by atoms with van der Waals surface area (Å²) < 4.78 is 0. The molecule has 2 rings (SSSR count). The third kappa shape index (κ3) is 2.49. The van der Waals surface area contributed by atoms with Crippen molar-refractivity contribution in [3.05, 3.63) is 0 Å². The van der Waals surface area contributed by atoms with E-state index in [0.29, 0.717) is 11.3 Å². The normalized spacial score (nSPS) is 24.8. The first-order valence-electron chi connectivity index (χ1n) is 6.88. The van der Waals surface area contributed by atoms with E-state index in [9.17, 15) is 4.79 Å². The van der Waals surface area contributed by atoms with Crippen molar-refractivity contribution in [1.29, 1.82) is 0 Å². The van der Waals surface area contributed by atoms with Crippen LogP contribution < -0.4 is 0 Å². The van der Waals surface area contributed by atoms with E-state index in [4.69, 9.17) is 0 Å². The molecule has 1 spiro atoms. The van der Waals surface area contributed by atoms with Crippen molar-refractivity contribution < 1.29 is 4.79 Å². The fraction of sp³-hybridized carbons (Fsp3) is 0.929. The van der Waals surface area contributed by atoms with Crippen LogP contribution in [0.2, 0.25) is 0 Å². The van der Waals surface area contributed by atoms with Gasteiger partial charge in [-0.2, -0.15) is 0 Å². The van der Waals surface area contributed by atoms with Crippen LogP contribution in [0.15, 0.2) is 0 Å². The molecule has 0 aromatic heterocycles. The van der Waals surface area contributed by atoms with Crippen LogP contribution in [0.4, 0.5) is 0 Å². The monoisotopic (exact) mass is 238 g/mol. The van der Waals surface area contributed by atoms with Crippen LogP contribution in [0.25, 0.3) is 0 Å². The summed E-state index contributed by atoms with van der Waals surface area (Å²) in [7, 11) is 0. The minimum atomic E-state index is -0.223. The number of piperidine rings is 1. The first-order valence-corrected chi connectivity index (χ1v) is 6.88. The number of hydrogen-bond donors (Lipinski definition) is 0. The molecule has 3 nitrogen and oxygen atoms in total. The molecule has 2 fully saturated rings. The van der Waals surface area contributed by atoms with Crippen molar-refractivity contribution in [3.8, 4) is 0 Å². The Kier molecular flexibility index (Phi) is 3.23. The summed E-state index contributed by atoms with van der Waals surface area (Å²) in [6.07, 6.45) is 2.40. The van der Waals surface area contributed by atoms with Gasteiger partial charge in [-0.3, -0.25) is 4.79 Å². The minimum Gasteiger partial charge on any atom is -0.342 e. The Balaban J connectivity index is 1.85. The summed E-state index contributed by atoms with van der Waals surface area (Å²) in [6.45, 7) is 13.9. The molecule has 2 aliphatic heterocycles. The SMILES string of the molecule is CCN1CC2(CCN(C(=O)C(C)(C)C)CC2)C1. The van der Waals surface area contributed by atoms with Crippen LogP contribution in [-0.4, -0.2) is 48.4 Å². The van der Waals surface area contributed by atoms with E-state index in [2.05, 4.69) is 16.7 Å². The molecule has 1 amide bonds. The van der Waals surface area contributed by atoms with E-state index in [1.54, 1.807) is 0 Å². The number of rotatable bonds is 1. The Bertz CT molecular complexity index is 290. The number of carbonyl (C=O) groups excluding carboxylic acids is 1. The van der Waals surface area contributed by atoms with Crippen molar-refractivity contribution in [3.63, 3.8) is 0 Å². The summed E-state index contributed by atoms with van der Waals surface area (Å²) in [5.41, 5.74) is 0.324. The summed E-state index contributed by atoms with van der Waals surface area (Å²) in [4.78, 5) is 16.7. The molecule has 2 saturated heterocycles. The van der Waals surface area contributed by atoms with Gasteiger partial charge in [0.25, 0.3) is 0 Å². The minimum absolute atomic E-state index is 0.223. The summed E-state index contributed by atoms with van der Waals surface area (Å²) in [5, 5.41) is 0. The van der Waals surface area contributed by atoms with Gasteiger partial charge in [0.15, 0.2) is 0 Å². The van der Waals surface area contributed by atoms with Gasteiger partial charge < -0.3 is 9.80 Å². The Morgan fingerprint density at radius 2 is 1.71 bits per heavy atom. The highest BCUT2D eigenvalue weighted by molar-refractivity contribution is 5.81. The Labute approximate surface area is 105 Å². The van der Waals surface area contributed by atoms with Gasteiger partial charge in [-0.25, -0.2) is 0 Å². The second-order valence-corrected chi connectivity index (χ2v) is 6.85. The second kappa shape index (κ2) is 4.27. The van der Waals surface area contributed by atoms with E-state index in [1.165, 1.54) is 32.5 Å². The molecule has 0 aromatic carbocycles. The maximum atomic E-state index is 12.2. The fourth-order valence-electron chi connectivity index (χ4n) is 3.10. The van der Waals surface area contributed by atoms with Gasteiger partial charge in [-0.15, -0.1) is 0 Å². The molecule has 0 atom stereocenters. The van der Waals surface area contributed by atoms with Crippen molar-refractivity contribution in [2.75, 3.05) is 32.7 Å². The van der Waals surface area contributed by atoms with Crippen LogP contribution in [-0.2, 0) is 4.79 Å². The smallest absolute Gasteiger partial charge is 0.227 e. The average Bonchev–Trinajstić information content (AvgIpc) is 2.23. The third-order valence-electron chi connectivity index (χ3n) is 4.32. The second-order valence-electron chi connectivity index (χ2n) is 6.85. The third-order valence-corrected chi connectivity index (χ3v) is 4.32. The van der Waals surface area contributed by atoms with Gasteiger partial charge in [-0.05, 0) is 24.8 Å². The molecule has 0 bridgehead atoms. The zero-order valence-electron chi connectivity index (χ0n) is 11.8. The Morgan fingerprint density at radius 3 is 2.12 bits per heavy atom. The molecule has 0 unspecified atom stereocenters. The van der Waals surface area contributed by atoms with Crippen LogP contribution in [0, 0.1) is 10.8 Å². The van der Waals surface area contributed by atoms with Gasteiger partial charge in [-0.1, -0.05) is 27.7 Å². The lowest BCUT2D eigenvalue weighted by molar-refractivity contribution is -0.144. The van der Waals surface area contributed by atoms with Crippen LogP contribution in [0.1, 0.15) is 40.5 Å². The maximum absolute atomic E-state index is 12.2. The van der Waals surface area contributed by atoms with Crippen LogP contribution >= 0.6 is 0 Å². The van der Waals surface area contributed by atoms with E-state index in [-0.39, 0.29) is 5.41 Å². The molecule has 0 aromatic rings. The van der Waals surface area contributed by atoms with Gasteiger partial charge in [0.1, 0.15) is 0 Å². The first kappa shape index (κ1) is 12.9. The largest absolute Gasteiger partial charge is 0.342 e. The molecular formula is C14H26N2O. The van der Waals surface area contributed by atoms with Crippen molar-refractivity contribution in [2.24, 2.45) is 10.8 Å². The molecule has 0 N–H and O–H groups in total. The van der Waals surface area contributed by atoms with E-state index in [1.807, 2.05) is 20.8 Å². The quantitative estimate of drug-likeness (QED) is 0.697. The predicted octanol–water partition coefficient (Wildman–Crippen LogP) is 1.98. The Hall–Kier alpha value is -0.570. The number of hydrogen-bond acceptors (Lipinski definition) is 2. The highest BCUT2D eigenvalue weighted by atomic mass is 16.2. The molecule has 98 valence electrons. The lowest BCUT2D eigenvalue weighted by atomic mass is 9.71. The van der Waals surface area contributed by atoms with E-state index >= 15 is 0 Å². The zero-order valence-corrected chi connectivity index (χ0v) is 11.8. The van der Waals surface area contributed by atoms with Gasteiger partial charge >= 0.3 is 0 Å². The molecule has 0 aliphatic carbocycles. The highest BCUT2D eigenvalue weighted by Crippen LogP contribution is 2.40. The number of likely N-dealkylation sites (tertiary alicyclic amines) is 2. The topological polar surface area (TPSA) is 23.6 Å². The number of carbonyl (C=O) groups is 1. The van der Waals surface area contributed by atoms with Gasteiger partial charge in [0.05, 0.1) is 0 Å². The van der Waals surface area contributed by atoms with Crippen molar-refractivity contribution >= 4 is 5.91 Å². The summed E-state index contributed by atoms with van der Waals surface area (Å²) in [6, 6.07) is 0. The average molecular weight is 238 g/mol.